The van der Waals surface area contributed by atoms with Crippen molar-refractivity contribution < 1.29 is 23.9 Å². The summed E-state index contributed by atoms with van der Waals surface area (Å²) in [4.78, 5) is 51.7. The molecule has 1 aliphatic rings. The summed E-state index contributed by atoms with van der Waals surface area (Å²) in [6.45, 7) is 3.38. The Kier molecular flexibility index (Phi) is 5.42. The van der Waals surface area contributed by atoms with Crippen molar-refractivity contribution in [3.8, 4) is 0 Å². The van der Waals surface area contributed by atoms with Crippen LogP contribution in [-0.2, 0) is 20.7 Å². The van der Waals surface area contributed by atoms with Gasteiger partial charge in [-0.2, -0.15) is 0 Å². The first-order chi connectivity index (χ1) is 14.8. The van der Waals surface area contributed by atoms with Crippen molar-refractivity contribution in [2.45, 2.75) is 32.8 Å². The third-order valence-corrected chi connectivity index (χ3v) is 5.53. The third kappa shape index (κ3) is 4.12. The van der Waals surface area contributed by atoms with Crippen LogP contribution in [0.1, 0.15) is 45.3 Å². The number of Topliss-reactive ketones (excluding diaryl/α,β-unsaturated/α-hetero) is 1. The molecule has 1 saturated heterocycles. The zero-order valence-corrected chi connectivity index (χ0v) is 17.2. The minimum atomic E-state index is -0.946. The SMILES string of the molecule is Cc1[nH]c2ccccc2c1C(=O)C(C)OC(=O)c1ccc(CC2CC(=O)NC2=O)cc1. The van der Waals surface area contributed by atoms with Crippen LogP contribution in [0, 0.1) is 12.8 Å². The standard InChI is InChI=1S/C24H22N2O5/c1-13-21(18-5-3-4-6-19(18)25-13)22(28)14(2)31-24(30)16-9-7-15(8-10-16)11-17-12-20(27)26-23(17)29/h3-10,14,17,25H,11-12H2,1-2H3,(H,26,27,29). The number of para-hydroxylation sites is 1. The number of aromatic nitrogens is 1. The summed E-state index contributed by atoms with van der Waals surface area (Å²) in [5.41, 5.74) is 3.26. The minimum absolute atomic E-state index is 0.176. The van der Waals surface area contributed by atoms with Gasteiger partial charge in [-0.25, -0.2) is 4.79 Å². The monoisotopic (exact) mass is 418 g/mol. The second-order valence-corrected chi connectivity index (χ2v) is 7.80. The van der Waals surface area contributed by atoms with E-state index in [2.05, 4.69) is 10.3 Å². The van der Waals surface area contributed by atoms with Gasteiger partial charge in [-0.1, -0.05) is 30.3 Å². The number of hydrogen-bond acceptors (Lipinski definition) is 5. The molecule has 2 heterocycles. The number of rotatable bonds is 6. The number of carbonyl (C=O) groups excluding carboxylic acids is 4. The molecule has 4 rings (SSSR count). The van der Waals surface area contributed by atoms with E-state index in [4.69, 9.17) is 4.74 Å². The van der Waals surface area contributed by atoms with Crippen molar-refractivity contribution in [1.29, 1.82) is 0 Å². The molecule has 3 aromatic rings. The summed E-state index contributed by atoms with van der Waals surface area (Å²) in [6.07, 6.45) is -0.352. The maximum Gasteiger partial charge on any atom is 0.338 e. The lowest BCUT2D eigenvalue weighted by molar-refractivity contribution is -0.125. The number of esters is 1. The number of ether oxygens (including phenoxy) is 1. The number of H-pyrrole nitrogens is 1. The Balaban J connectivity index is 1.43. The molecule has 1 aliphatic heterocycles. The van der Waals surface area contributed by atoms with E-state index in [1.165, 1.54) is 0 Å². The van der Waals surface area contributed by atoms with Crippen LogP contribution >= 0.6 is 0 Å². The molecule has 2 unspecified atom stereocenters. The first kappa shape index (κ1) is 20.5. The number of ketones is 1. The molecule has 2 amide bonds. The van der Waals surface area contributed by atoms with Crippen molar-refractivity contribution in [3.63, 3.8) is 0 Å². The summed E-state index contributed by atoms with van der Waals surface area (Å²) in [6, 6.07) is 14.1. The fourth-order valence-corrected chi connectivity index (χ4v) is 3.91. The molecule has 1 fully saturated rings. The fourth-order valence-electron chi connectivity index (χ4n) is 3.91. The molecule has 0 bridgehead atoms. The molecule has 2 aromatic carbocycles. The van der Waals surface area contributed by atoms with E-state index in [0.717, 1.165) is 22.2 Å². The average molecular weight is 418 g/mol. The Bertz CT molecular complexity index is 1190. The molecule has 0 aliphatic carbocycles. The van der Waals surface area contributed by atoms with Crippen LogP contribution in [0.3, 0.4) is 0 Å². The number of aromatic amines is 1. The smallest absolute Gasteiger partial charge is 0.338 e. The summed E-state index contributed by atoms with van der Waals surface area (Å²) in [7, 11) is 0. The topological polar surface area (TPSA) is 105 Å². The molecule has 2 N–H and O–H groups in total. The molecule has 31 heavy (non-hydrogen) atoms. The predicted molar refractivity (Wildman–Crippen MR) is 114 cm³/mol. The predicted octanol–water partition coefficient (Wildman–Crippen LogP) is 3.11. The van der Waals surface area contributed by atoms with Gasteiger partial charge in [-0.3, -0.25) is 19.7 Å². The molecule has 0 spiro atoms. The highest BCUT2D eigenvalue weighted by Crippen LogP contribution is 2.24. The lowest BCUT2D eigenvalue weighted by Gasteiger charge is -2.13. The molecule has 158 valence electrons. The van der Waals surface area contributed by atoms with Crippen molar-refractivity contribution in [2.24, 2.45) is 5.92 Å². The zero-order chi connectivity index (χ0) is 22.1. The second-order valence-electron chi connectivity index (χ2n) is 7.80. The number of benzene rings is 2. The highest BCUT2D eigenvalue weighted by molar-refractivity contribution is 6.11. The molecular weight excluding hydrogens is 396 g/mol. The van der Waals surface area contributed by atoms with Gasteiger partial charge in [0.2, 0.25) is 17.6 Å². The van der Waals surface area contributed by atoms with Gasteiger partial charge in [0, 0.05) is 28.6 Å². The first-order valence-electron chi connectivity index (χ1n) is 10.1. The number of fused-ring (bicyclic) bond motifs is 1. The Morgan fingerprint density at radius 1 is 1.10 bits per heavy atom. The van der Waals surface area contributed by atoms with Crippen LogP contribution in [0.4, 0.5) is 0 Å². The highest BCUT2D eigenvalue weighted by atomic mass is 16.5. The Labute approximate surface area is 178 Å². The van der Waals surface area contributed by atoms with Crippen molar-refractivity contribution in [3.05, 3.63) is 70.9 Å². The number of aryl methyl sites for hydroxylation is 1. The number of nitrogens with one attached hydrogen (secondary N) is 2. The van der Waals surface area contributed by atoms with E-state index in [1.54, 1.807) is 31.2 Å². The molecule has 0 saturated carbocycles. The van der Waals surface area contributed by atoms with Crippen molar-refractivity contribution in [2.75, 3.05) is 0 Å². The summed E-state index contributed by atoms with van der Waals surface area (Å²) < 4.78 is 5.42. The quantitative estimate of drug-likeness (QED) is 0.364. The Morgan fingerprint density at radius 3 is 2.48 bits per heavy atom. The maximum atomic E-state index is 12.9. The largest absolute Gasteiger partial charge is 0.451 e. The van der Waals surface area contributed by atoms with Gasteiger partial charge in [-0.05, 0) is 44.0 Å². The van der Waals surface area contributed by atoms with E-state index in [9.17, 15) is 19.2 Å². The lowest BCUT2D eigenvalue weighted by atomic mass is 9.97. The average Bonchev–Trinajstić information content (AvgIpc) is 3.24. The molecular formula is C24H22N2O5. The van der Waals surface area contributed by atoms with Crippen LogP contribution in [0.15, 0.2) is 48.5 Å². The molecule has 2 atom stereocenters. The normalized spacial score (nSPS) is 16.9. The van der Waals surface area contributed by atoms with Crippen molar-refractivity contribution >= 4 is 34.5 Å². The van der Waals surface area contributed by atoms with Gasteiger partial charge in [0.25, 0.3) is 0 Å². The number of hydrogen-bond donors (Lipinski definition) is 2. The highest BCUT2D eigenvalue weighted by Gasteiger charge is 2.30. The molecule has 7 heteroatoms. The Hall–Kier alpha value is -3.74. The zero-order valence-electron chi connectivity index (χ0n) is 17.2. The van der Waals surface area contributed by atoms with Gasteiger partial charge < -0.3 is 9.72 Å². The molecule has 0 radical (unpaired) electrons. The third-order valence-electron chi connectivity index (χ3n) is 5.53. The minimum Gasteiger partial charge on any atom is -0.451 e. The Morgan fingerprint density at radius 2 is 1.81 bits per heavy atom. The molecule has 7 nitrogen and oxygen atoms in total. The fraction of sp³-hybridized carbons (Fsp3) is 0.250. The van der Waals surface area contributed by atoms with E-state index in [0.29, 0.717) is 17.5 Å². The first-order valence-corrected chi connectivity index (χ1v) is 10.1. The lowest BCUT2D eigenvalue weighted by Crippen LogP contribution is -2.25. The van der Waals surface area contributed by atoms with Gasteiger partial charge in [-0.15, -0.1) is 0 Å². The maximum absolute atomic E-state index is 12.9. The molecule has 1 aromatic heterocycles. The summed E-state index contributed by atoms with van der Waals surface area (Å²) in [5.74, 6) is -1.79. The van der Waals surface area contributed by atoms with Crippen LogP contribution in [0.5, 0.6) is 0 Å². The number of amides is 2. The van der Waals surface area contributed by atoms with Crippen LogP contribution in [0.25, 0.3) is 10.9 Å². The summed E-state index contributed by atoms with van der Waals surface area (Å²) in [5, 5.41) is 3.09. The second kappa shape index (κ2) is 8.18. The van der Waals surface area contributed by atoms with Crippen molar-refractivity contribution in [1.82, 2.24) is 10.3 Å². The van der Waals surface area contributed by atoms with Gasteiger partial charge in [0.1, 0.15) is 0 Å². The number of carbonyl (C=O) groups is 4. The van der Waals surface area contributed by atoms with E-state index in [1.807, 2.05) is 31.2 Å². The van der Waals surface area contributed by atoms with Gasteiger partial charge in [0.05, 0.1) is 11.5 Å². The number of imide groups is 1. The van der Waals surface area contributed by atoms with Gasteiger partial charge in [0.15, 0.2) is 6.10 Å². The van der Waals surface area contributed by atoms with Crippen LogP contribution < -0.4 is 5.32 Å². The van der Waals surface area contributed by atoms with E-state index >= 15 is 0 Å². The summed E-state index contributed by atoms with van der Waals surface area (Å²) >= 11 is 0. The van der Waals surface area contributed by atoms with E-state index in [-0.39, 0.29) is 29.9 Å². The van der Waals surface area contributed by atoms with Gasteiger partial charge >= 0.3 is 5.97 Å². The van der Waals surface area contributed by atoms with E-state index < -0.39 is 12.1 Å². The van der Waals surface area contributed by atoms with Crippen LogP contribution in [-0.4, -0.2) is 34.7 Å². The van der Waals surface area contributed by atoms with Crippen LogP contribution in [0.2, 0.25) is 0 Å².